The van der Waals surface area contributed by atoms with Crippen LogP contribution in [-0.4, -0.2) is 4.57 Å². The van der Waals surface area contributed by atoms with E-state index in [0.717, 1.165) is 32.1 Å². The fourth-order valence-corrected chi connectivity index (χ4v) is 14.5. The van der Waals surface area contributed by atoms with Gasteiger partial charge in [-0.3, -0.25) is 0 Å². The van der Waals surface area contributed by atoms with Gasteiger partial charge in [0, 0.05) is 39.0 Å². The van der Waals surface area contributed by atoms with E-state index in [9.17, 15) is 0 Å². The predicted molar refractivity (Wildman–Crippen MR) is 301 cm³/mol. The van der Waals surface area contributed by atoms with Gasteiger partial charge in [0.1, 0.15) is 0 Å². The van der Waals surface area contributed by atoms with Crippen molar-refractivity contribution in [3.63, 3.8) is 0 Å². The molecule has 8 aromatic carbocycles. The molecule has 0 aliphatic heterocycles. The van der Waals surface area contributed by atoms with Crippen molar-refractivity contribution in [1.29, 1.82) is 0 Å². The Morgan fingerprint density at radius 2 is 1.21 bits per heavy atom. The minimum Gasteiger partial charge on any atom is -0.312 e. The molecule has 0 fully saturated rings. The summed E-state index contributed by atoms with van der Waals surface area (Å²) in [6, 6.07) is 70.6. The van der Waals surface area contributed by atoms with Crippen LogP contribution in [0.1, 0.15) is 132 Å². The first-order chi connectivity index (χ1) is 35.1. The lowest BCUT2D eigenvalue weighted by Crippen LogP contribution is -2.28. The Morgan fingerprint density at radius 3 is 1.99 bits per heavy atom. The van der Waals surface area contributed by atoms with Gasteiger partial charge in [-0.05, 0) is 139 Å². The van der Waals surface area contributed by atoms with Crippen LogP contribution in [0.5, 0.6) is 0 Å². The first-order valence-electron chi connectivity index (χ1n) is 26.6. The molecule has 0 bridgehead atoms. The fraction of sp³-hybridized carbons (Fsp3) is 0.211. The molecule has 72 heavy (non-hydrogen) atoms. The molecule has 2 unspecified atom stereocenters. The maximum absolute atomic E-state index is 2.62. The summed E-state index contributed by atoms with van der Waals surface area (Å²) in [7, 11) is 0. The van der Waals surface area contributed by atoms with Crippen molar-refractivity contribution in [2.75, 3.05) is 0 Å². The molecule has 0 N–H and O–H groups in total. The molecule has 0 spiro atoms. The van der Waals surface area contributed by atoms with Crippen LogP contribution >= 0.6 is 0 Å². The summed E-state index contributed by atoms with van der Waals surface area (Å²) in [5.74, 6) is 0.671. The monoisotopic (exact) mass is 927 g/mol. The maximum atomic E-state index is 2.62. The van der Waals surface area contributed by atoms with E-state index in [-0.39, 0.29) is 16.7 Å². The fourth-order valence-electron chi connectivity index (χ4n) is 14.5. The smallest absolute Gasteiger partial charge is 0.0714 e. The van der Waals surface area contributed by atoms with E-state index < -0.39 is 5.41 Å². The molecule has 5 aliphatic rings. The number of fused-ring (bicyclic) bond motifs is 11. The van der Waals surface area contributed by atoms with Gasteiger partial charge in [0.05, 0.1) is 16.6 Å². The minimum absolute atomic E-state index is 0.0308. The average Bonchev–Trinajstić information content (AvgIpc) is 4.06. The van der Waals surface area contributed by atoms with Crippen LogP contribution in [-0.2, 0) is 29.1 Å². The molecule has 0 radical (unpaired) electrons. The quantitative estimate of drug-likeness (QED) is 0.143. The molecule has 1 heteroatoms. The maximum Gasteiger partial charge on any atom is 0.0714 e. The lowest BCUT2D eigenvalue weighted by molar-refractivity contribution is 0.644. The van der Waals surface area contributed by atoms with Gasteiger partial charge < -0.3 is 4.57 Å². The molecular formula is C71H61N. The zero-order chi connectivity index (χ0) is 48.5. The number of allylic oxidation sites excluding steroid dienone is 5. The average molecular weight is 928 g/mol. The normalized spacial score (nSPS) is 18.3. The molecule has 350 valence electrons. The highest BCUT2D eigenvalue weighted by atomic mass is 15.0. The number of hydrogen-bond donors (Lipinski definition) is 0. The molecule has 14 rings (SSSR count). The Morgan fingerprint density at radius 1 is 0.556 bits per heavy atom. The number of para-hydroxylation sites is 1. The van der Waals surface area contributed by atoms with E-state index >= 15 is 0 Å². The summed E-state index contributed by atoms with van der Waals surface area (Å²) in [5.41, 5.74) is 28.5. The van der Waals surface area contributed by atoms with E-state index in [1.165, 1.54) is 117 Å². The summed E-state index contributed by atoms with van der Waals surface area (Å²) in [6.45, 7) is 12.1. The molecule has 1 nitrogen and oxygen atoms in total. The Balaban J connectivity index is 0.940. The number of hydrogen-bond acceptors (Lipinski definition) is 0. The van der Waals surface area contributed by atoms with Crippen molar-refractivity contribution in [2.45, 2.75) is 88.9 Å². The second-order valence-corrected chi connectivity index (χ2v) is 22.6. The van der Waals surface area contributed by atoms with Crippen LogP contribution in [0, 0.1) is 5.92 Å². The topological polar surface area (TPSA) is 4.93 Å². The standard InChI is InChI=1S/C71H61N/c1-45-31-36-57-56-25-14-17-29-65(56)72(67(57)41-45)66-30-18-28-61-68(66)58-38-33-46(42-64(58)71(61,49-19-8-6-9-20-49)50-21-10-7-11-22-50)32-37-51(47-34-39-54-52-23-12-15-26-59(52)69(2,3)62(54)43-47)48-35-40-55-53-24-13-16-27-60(53)70(4,5)63(55)44-48/h6-12,14-23,25-31,33-36,38-40,42-45,51H,13,24,32,37,41H2,1-5H3. The van der Waals surface area contributed by atoms with Crippen molar-refractivity contribution in [1.82, 2.24) is 4.57 Å². The van der Waals surface area contributed by atoms with Crippen molar-refractivity contribution in [3.8, 4) is 27.9 Å². The molecule has 9 aromatic rings. The van der Waals surface area contributed by atoms with Crippen molar-refractivity contribution in [2.24, 2.45) is 5.92 Å². The number of benzene rings is 8. The molecular weight excluding hydrogens is 867 g/mol. The number of nitrogens with zero attached hydrogens (tertiary/aromatic N) is 1. The van der Waals surface area contributed by atoms with Crippen molar-refractivity contribution < 1.29 is 0 Å². The van der Waals surface area contributed by atoms with Crippen LogP contribution in [0.2, 0.25) is 0 Å². The highest BCUT2D eigenvalue weighted by Gasteiger charge is 2.48. The Labute approximate surface area is 425 Å². The highest BCUT2D eigenvalue weighted by Crippen LogP contribution is 2.59. The zero-order valence-corrected chi connectivity index (χ0v) is 42.3. The van der Waals surface area contributed by atoms with E-state index in [1.54, 1.807) is 5.57 Å². The van der Waals surface area contributed by atoms with E-state index in [4.69, 9.17) is 0 Å². The Kier molecular flexibility index (Phi) is 9.63. The van der Waals surface area contributed by atoms with Gasteiger partial charge in [-0.15, -0.1) is 0 Å². The third-order valence-corrected chi connectivity index (χ3v) is 18.0. The van der Waals surface area contributed by atoms with Gasteiger partial charge in [0.25, 0.3) is 0 Å². The predicted octanol–water partition coefficient (Wildman–Crippen LogP) is 17.7. The Bertz CT molecular complexity index is 3750. The van der Waals surface area contributed by atoms with Gasteiger partial charge in [-0.1, -0.05) is 229 Å². The third kappa shape index (κ3) is 6.13. The van der Waals surface area contributed by atoms with E-state index in [0.29, 0.717) is 5.92 Å². The largest absolute Gasteiger partial charge is 0.312 e. The van der Waals surface area contributed by atoms with Crippen LogP contribution in [0.15, 0.2) is 206 Å². The third-order valence-electron chi connectivity index (χ3n) is 18.0. The van der Waals surface area contributed by atoms with Crippen LogP contribution in [0.4, 0.5) is 0 Å². The summed E-state index contributed by atoms with van der Waals surface area (Å²) < 4.78 is 2.62. The van der Waals surface area contributed by atoms with Crippen LogP contribution < -0.4 is 0 Å². The van der Waals surface area contributed by atoms with Crippen LogP contribution in [0.25, 0.3) is 50.5 Å². The molecule has 0 amide bonds. The second-order valence-electron chi connectivity index (χ2n) is 22.6. The van der Waals surface area contributed by atoms with E-state index in [2.05, 4.69) is 245 Å². The van der Waals surface area contributed by atoms with Crippen LogP contribution in [0.3, 0.4) is 0 Å². The first-order valence-corrected chi connectivity index (χ1v) is 26.6. The molecule has 0 saturated carbocycles. The molecule has 2 atom stereocenters. The number of rotatable bonds is 8. The highest BCUT2D eigenvalue weighted by molar-refractivity contribution is 5.97. The summed E-state index contributed by atoms with van der Waals surface area (Å²) >= 11 is 0. The van der Waals surface area contributed by atoms with Crippen molar-refractivity contribution in [3.05, 3.63) is 278 Å². The summed E-state index contributed by atoms with van der Waals surface area (Å²) in [4.78, 5) is 0. The molecule has 1 heterocycles. The number of aromatic nitrogens is 1. The first kappa shape index (κ1) is 43.3. The van der Waals surface area contributed by atoms with Gasteiger partial charge in [-0.25, -0.2) is 0 Å². The number of aryl methyl sites for hydroxylation is 1. The molecule has 0 saturated heterocycles. The van der Waals surface area contributed by atoms with E-state index in [1.807, 2.05) is 0 Å². The van der Waals surface area contributed by atoms with Crippen molar-refractivity contribution >= 4 is 22.6 Å². The zero-order valence-electron chi connectivity index (χ0n) is 42.3. The van der Waals surface area contributed by atoms with Gasteiger partial charge >= 0.3 is 0 Å². The van der Waals surface area contributed by atoms with Gasteiger partial charge in [0.15, 0.2) is 0 Å². The minimum atomic E-state index is -0.526. The molecule has 1 aromatic heterocycles. The second kappa shape index (κ2) is 16.0. The Hall–Kier alpha value is -7.48. The SMILES string of the molecule is CC1C=Cc2c(n(-c3cccc4c3-c3ccc(CCC(c5ccc6c(c5)C(C)(C)C5=C6CCC=C5)c5ccc6c(c5)C(C)(C)c5ccccc5-6)cc3C4(c3ccccc3)c3ccccc3)c3ccccc23)C1. The lowest BCUT2D eigenvalue weighted by atomic mass is 9.67. The van der Waals surface area contributed by atoms with Gasteiger partial charge in [-0.2, -0.15) is 0 Å². The summed E-state index contributed by atoms with van der Waals surface area (Å²) in [5, 5.41) is 1.32. The molecule has 5 aliphatic carbocycles. The lowest BCUT2D eigenvalue weighted by Gasteiger charge is -2.34. The summed E-state index contributed by atoms with van der Waals surface area (Å²) in [6.07, 6.45) is 14.8. The van der Waals surface area contributed by atoms with Gasteiger partial charge in [0.2, 0.25) is 0 Å².